The average Bonchev–Trinajstić information content (AvgIpc) is 2.67. The van der Waals surface area contributed by atoms with E-state index in [9.17, 15) is 9.59 Å². The number of carboxylic acid groups (broad SMARTS) is 1. The van der Waals surface area contributed by atoms with E-state index < -0.39 is 18.0 Å². The lowest BCUT2D eigenvalue weighted by Crippen LogP contribution is -2.42. The number of pyridine rings is 1. The highest BCUT2D eigenvalue weighted by Gasteiger charge is 2.18. The molecule has 0 aliphatic heterocycles. The largest absolute Gasteiger partial charge is 0.465 e. The Balaban J connectivity index is 2.04. The van der Waals surface area contributed by atoms with Crippen LogP contribution >= 0.6 is 0 Å². The first kappa shape index (κ1) is 19.7. The Kier molecular flexibility index (Phi) is 6.72. The summed E-state index contributed by atoms with van der Waals surface area (Å²) in [6.45, 7) is 3.66. The Morgan fingerprint density at radius 2 is 2.07 bits per heavy atom. The van der Waals surface area contributed by atoms with Crippen LogP contribution in [0.25, 0.3) is 0 Å². The number of carbonyl (C=O) groups is 2. The summed E-state index contributed by atoms with van der Waals surface area (Å²) in [5.74, 6) is 0.428. The molecule has 3 N–H and O–H groups in total. The van der Waals surface area contributed by atoms with E-state index in [1.165, 1.54) is 6.20 Å². The number of carbonyl (C=O) groups excluding carboxylic acids is 1. The van der Waals surface area contributed by atoms with Gasteiger partial charge in [0, 0.05) is 6.07 Å². The monoisotopic (exact) mass is 368 g/mol. The number of benzene rings is 1. The van der Waals surface area contributed by atoms with Gasteiger partial charge in [0.15, 0.2) is 0 Å². The zero-order valence-corrected chi connectivity index (χ0v) is 15.0. The van der Waals surface area contributed by atoms with Gasteiger partial charge in [-0.2, -0.15) is 5.26 Å². The fourth-order valence-electron chi connectivity index (χ4n) is 2.40. The van der Waals surface area contributed by atoms with Crippen LogP contribution in [0.5, 0.6) is 11.6 Å². The Bertz CT molecular complexity index is 859. The molecule has 1 aromatic heterocycles. The van der Waals surface area contributed by atoms with Gasteiger partial charge in [0.1, 0.15) is 11.8 Å². The Morgan fingerprint density at radius 1 is 1.30 bits per heavy atom. The molecule has 8 heteroatoms. The number of aromatic nitrogens is 1. The molecule has 8 nitrogen and oxygen atoms in total. The Morgan fingerprint density at radius 3 is 2.63 bits per heavy atom. The molecule has 0 aliphatic rings. The van der Waals surface area contributed by atoms with Crippen molar-refractivity contribution in [3.63, 3.8) is 0 Å². The van der Waals surface area contributed by atoms with Gasteiger partial charge in [0.2, 0.25) is 11.8 Å². The lowest BCUT2D eigenvalue weighted by Gasteiger charge is -2.14. The van der Waals surface area contributed by atoms with Gasteiger partial charge in [-0.3, -0.25) is 4.79 Å². The van der Waals surface area contributed by atoms with Crippen LogP contribution < -0.4 is 15.4 Å². The lowest BCUT2D eigenvalue weighted by atomic mass is 10.1. The second kappa shape index (κ2) is 9.20. The van der Waals surface area contributed by atoms with Crippen LogP contribution in [0.4, 0.5) is 10.5 Å². The molecule has 27 heavy (non-hydrogen) atoms. The summed E-state index contributed by atoms with van der Waals surface area (Å²) in [6, 6.07) is 9.67. The third-order valence-corrected chi connectivity index (χ3v) is 3.83. The topological polar surface area (TPSA) is 124 Å². The van der Waals surface area contributed by atoms with Crippen LogP contribution in [-0.2, 0) is 11.2 Å². The summed E-state index contributed by atoms with van der Waals surface area (Å²) >= 11 is 0. The molecule has 0 radical (unpaired) electrons. The standard InChI is InChI=1S/C19H20N4O4/c1-3-12-9-15(7-5-13(12)10-20)27-17-8-6-14(11-21-17)22-18(24)16(4-2)23-19(25)26/h5-9,11,16,23H,3-4H2,1-2H3,(H,22,24)(H,25,26)/t16-/m1/s1. The number of nitrogens with zero attached hydrogens (tertiary/aromatic N) is 2. The SMILES string of the molecule is CCc1cc(Oc2ccc(NC(=O)[C@@H](CC)NC(=O)O)cn2)ccc1C#N. The molecule has 0 unspecified atom stereocenters. The molecule has 0 bridgehead atoms. The van der Waals surface area contributed by atoms with Crippen LogP contribution in [0.1, 0.15) is 31.4 Å². The van der Waals surface area contributed by atoms with Crippen LogP contribution in [-0.4, -0.2) is 28.1 Å². The van der Waals surface area contributed by atoms with Gasteiger partial charge in [-0.1, -0.05) is 13.8 Å². The molecule has 1 atom stereocenters. The van der Waals surface area contributed by atoms with Gasteiger partial charge in [0.05, 0.1) is 23.5 Å². The highest BCUT2D eigenvalue weighted by molar-refractivity contribution is 5.96. The molecular formula is C19H20N4O4. The third kappa shape index (κ3) is 5.44. The predicted octanol–water partition coefficient (Wildman–Crippen LogP) is 3.29. The van der Waals surface area contributed by atoms with Gasteiger partial charge in [0.25, 0.3) is 0 Å². The number of ether oxygens (including phenoxy) is 1. The lowest BCUT2D eigenvalue weighted by molar-refractivity contribution is -0.118. The van der Waals surface area contributed by atoms with Crippen LogP contribution in [0.2, 0.25) is 0 Å². The van der Waals surface area contributed by atoms with E-state index in [4.69, 9.17) is 15.1 Å². The minimum atomic E-state index is -1.26. The number of anilines is 1. The van der Waals surface area contributed by atoms with E-state index in [1.54, 1.807) is 37.3 Å². The zero-order valence-electron chi connectivity index (χ0n) is 15.0. The quantitative estimate of drug-likeness (QED) is 0.689. The van der Waals surface area contributed by atoms with Crippen molar-refractivity contribution < 1.29 is 19.4 Å². The van der Waals surface area contributed by atoms with E-state index in [2.05, 4.69) is 21.7 Å². The molecule has 1 aromatic carbocycles. The highest BCUT2D eigenvalue weighted by atomic mass is 16.5. The van der Waals surface area contributed by atoms with E-state index in [1.807, 2.05) is 6.92 Å². The van der Waals surface area contributed by atoms with Crippen molar-refractivity contribution in [2.45, 2.75) is 32.7 Å². The fourth-order valence-corrected chi connectivity index (χ4v) is 2.40. The van der Waals surface area contributed by atoms with Crippen molar-refractivity contribution in [2.24, 2.45) is 0 Å². The average molecular weight is 368 g/mol. The molecule has 140 valence electrons. The van der Waals surface area contributed by atoms with Gasteiger partial charge in [-0.05, 0) is 42.7 Å². The number of amides is 2. The second-order valence-electron chi connectivity index (χ2n) is 5.67. The summed E-state index contributed by atoms with van der Waals surface area (Å²) in [6.07, 6.45) is 1.20. The first-order valence-corrected chi connectivity index (χ1v) is 8.44. The summed E-state index contributed by atoms with van der Waals surface area (Å²) in [5.41, 5.74) is 1.92. The highest BCUT2D eigenvalue weighted by Crippen LogP contribution is 2.23. The van der Waals surface area contributed by atoms with E-state index in [0.717, 1.165) is 5.56 Å². The van der Waals surface area contributed by atoms with E-state index in [-0.39, 0.29) is 0 Å². The van der Waals surface area contributed by atoms with Crippen molar-refractivity contribution >= 4 is 17.7 Å². The van der Waals surface area contributed by atoms with Gasteiger partial charge < -0.3 is 20.5 Å². The van der Waals surface area contributed by atoms with Gasteiger partial charge in [-0.15, -0.1) is 0 Å². The number of nitriles is 1. The number of rotatable bonds is 7. The van der Waals surface area contributed by atoms with Crippen LogP contribution in [0, 0.1) is 11.3 Å². The molecule has 0 aliphatic carbocycles. The maximum atomic E-state index is 12.1. The second-order valence-corrected chi connectivity index (χ2v) is 5.67. The molecule has 2 aromatic rings. The molecular weight excluding hydrogens is 348 g/mol. The van der Waals surface area contributed by atoms with Crippen LogP contribution in [0.3, 0.4) is 0 Å². The molecule has 2 rings (SSSR count). The number of nitrogens with one attached hydrogen (secondary N) is 2. The fraction of sp³-hybridized carbons (Fsp3) is 0.263. The number of hydrogen-bond acceptors (Lipinski definition) is 5. The van der Waals surface area contributed by atoms with E-state index >= 15 is 0 Å². The van der Waals surface area contributed by atoms with Crippen molar-refractivity contribution in [1.29, 1.82) is 5.26 Å². The third-order valence-electron chi connectivity index (χ3n) is 3.83. The molecule has 0 fully saturated rings. The summed E-state index contributed by atoms with van der Waals surface area (Å²) < 4.78 is 5.68. The number of aryl methyl sites for hydroxylation is 1. The summed E-state index contributed by atoms with van der Waals surface area (Å²) in [7, 11) is 0. The molecule has 0 spiro atoms. The normalized spacial score (nSPS) is 11.1. The molecule has 0 saturated heterocycles. The van der Waals surface area contributed by atoms with Crippen molar-refractivity contribution in [3.05, 3.63) is 47.7 Å². The van der Waals surface area contributed by atoms with Crippen LogP contribution in [0.15, 0.2) is 36.5 Å². The van der Waals surface area contributed by atoms with E-state index in [0.29, 0.717) is 35.7 Å². The minimum Gasteiger partial charge on any atom is -0.465 e. The van der Waals surface area contributed by atoms with Crippen molar-refractivity contribution in [1.82, 2.24) is 10.3 Å². The van der Waals surface area contributed by atoms with Crippen molar-refractivity contribution in [2.75, 3.05) is 5.32 Å². The van der Waals surface area contributed by atoms with Crippen molar-refractivity contribution in [3.8, 4) is 17.7 Å². The summed E-state index contributed by atoms with van der Waals surface area (Å²) in [4.78, 5) is 26.9. The maximum absolute atomic E-state index is 12.1. The first-order valence-electron chi connectivity index (χ1n) is 8.44. The Labute approximate surface area is 156 Å². The predicted molar refractivity (Wildman–Crippen MR) is 98.7 cm³/mol. The Hall–Kier alpha value is -3.60. The molecule has 2 amide bonds. The maximum Gasteiger partial charge on any atom is 0.405 e. The van der Waals surface area contributed by atoms with Gasteiger partial charge >= 0.3 is 6.09 Å². The molecule has 0 saturated carbocycles. The molecule has 1 heterocycles. The zero-order chi connectivity index (χ0) is 19.8. The summed E-state index contributed by atoms with van der Waals surface area (Å²) in [5, 5.41) is 22.6. The first-order chi connectivity index (χ1) is 13.0. The number of hydrogen-bond donors (Lipinski definition) is 3. The minimum absolute atomic E-state index is 0.325. The van der Waals surface area contributed by atoms with Gasteiger partial charge in [-0.25, -0.2) is 9.78 Å². The smallest absolute Gasteiger partial charge is 0.405 e.